The van der Waals surface area contributed by atoms with Gasteiger partial charge in [0.05, 0.1) is 17.1 Å². The van der Waals surface area contributed by atoms with Gasteiger partial charge in [-0.1, -0.05) is 6.07 Å². The Morgan fingerprint density at radius 2 is 1.87 bits per heavy atom. The van der Waals surface area contributed by atoms with Gasteiger partial charge in [-0.15, -0.1) is 0 Å². The summed E-state index contributed by atoms with van der Waals surface area (Å²) in [7, 11) is 1.29. The van der Waals surface area contributed by atoms with Crippen molar-refractivity contribution in [3.05, 3.63) is 85.2 Å². The van der Waals surface area contributed by atoms with Gasteiger partial charge in [-0.3, -0.25) is 4.79 Å². The predicted octanol–water partition coefficient (Wildman–Crippen LogP) is 5.07. The van der Waals surface area contributed by atoms with Crippen LogP contribution >= 0.6 is 15.9 Å². The molecule has 3 rings (SSSR count). The van der Waals surface area contributed by atoms with E-state index < -0.39 is 17.6 Å². The van der Waals surface area contributed by atoms with E-state index in [9.17, 15) is 18.4 Å². The molecule has 0 aliphatic heterocycles. The van der Waals surface area contributed by atoms with Crippen LogP contribution in [0.1, 0.15) is 27.2 Å². The summed E-state index contributed by atoms with van der Waals surface area (Å²) in [6.07, 6.45) is 0. The molecule has 2 aromatic carbocycles. The quantitative estimate of drug-likeness (QED) is 0.521. The molecule has 0 radical (unpaired) electrons. The van der Waals surface area contributed by atoms with Crippen LogP contribution in [0, 0.1) is 25.5 Å². The fourth-order valence-electron chi connectivity index (χ4n) is 3.14. The molecular formula is C22H18BrF2NO4. The first kappa shape index (κ1) is 21.7. The standard InChI is InChI=1S/C22H18BrF2NO4/c1-11-4-5-13(22(28)29-3)8-15(11)19-12(2)26-21(27)20(23)16(19)10-30-18-7-6-14(24)9-17(18)25/h4-9H,10H2,1-3H3,(H,26,27). The molecule has 156 valence electrons. The van der Waals surface area contributed by atoms with Crippen LogP contribution in [0.5, 0.6) is 5.75 Å². The zero-order chi connectivity index (χ0) is 22.0. The van der Waals surface area contributed by atoms with Crippen molar-refractivity contribution in [2.75, 3.05) is 7.11 Å². The fourth-order valence-corrected chi connectivity index (χ4v) is 3.55. The van der Waals surface area contributed by atoms with Crippen molar-refractivity contribution in [3.8, 4) is 16.9 Å². The number of esters is 1. The molecule has 30 heavy (non-hydrogen) atoms. The van der Waals surface area contributed by atoms with Crippen molar-refractivity contribution in [1.29, 1.82) is 0 Å². The highest BCUT2D eigenvalue weighted by molar-refractivity contribution is 9.10. The number of rotatable bonds is 5. The zero-order valence-corrected chi connectivity index (χ0v) is 18.0. The van der Waals surface area contributed by atoms with Crippen molar-refractivity contribution in [2.24, 2.45) is 0 Å². The maximum Gasteiger partial charge on any atom is 0.337 e. The number of ether oxygens (including phenoxy) is 2. The minimum atomic E-state index is -0.849. The van der Waals surface area contributed by atoms with Gasteiger partial charge in [0.1, 0.15) is 12.4 Å². The fraction of sp³-hybridized carbons (Fsp3) is 0.182. The lowest BCUT2D eigenvalue weighted by Gasteiger charge is -2.18. The SMILES string of the molecule is COC(=O)c1ccc(C)c(-c2c(C)[nH]c(=O)c(Br)c2COc2ccc(F)cc2F)c1. The number of aryl methyl sites for hydroxylation is 2. The highest BCUT2D eigenvalue weighted by Crippen LogP contribution is 2.34. The van der Waals surface area contributed by atoms with Crippen molar-refractivity contribution in [2.45, 2.75) is 20.5 Å². The van der Waals surface area contributed by atoms with Gasteiger partial charge >= 0.3 is 5.97 Å². The Morgan fingerprint density at radius 3 is 2.53 bits per heavy atom. The van der Waals surface area contributed by atoms with E-state index in [-0.39, 0.29) is 22.4 Å². The zero-order valence-electron chi connectivity index (χ0n) is 16.4. The van der Waals surface area contributed by atoms with E-state index in [2.05, 4.69) is 20.9 Å². The first-order valence-corrected chi connectivity index (χ1v) is 9.70. The van der Waals surface area contributed by atoms with Crippen LogP contribution in [0.3, 0.4) is 0 Å². The van der Waals surface area contributed by atoms with Crippen LogP contribution < -0.4 is 10.3 Å². The number of benzene rings is 2. The molecule has 5 nitrogen and oxygen atoms in total. The van der Waals surface area contributed by atoms with Gasteiger partial charge in [0, 0.05) is 22.9 Å². The Balaban J connectivity index is 2.13. The smallest absolute Gasteiger partial charge is 0.337 e. The second-order valence-corrected chi connectivity index (χ2v) is 7.42. The molecule has 0 spiro atoms. The molecule has 0 saturated heterocycles. The molecular weight excluding hydrogens is 460 g/mol. The van der Waals surface area contributed by atoms with Crippen LogP contribution in [-0.2, 0) is 11.3 Å². The summed E-state index contributed by atoms with van der Waals surface area (Å²) in [6, 6.07) is 8.06. The van der Waals surface area contributed by atoms with E-state index in [0.29, 0.717) is 27.9 Å². The van der Waals surface area contributed by atoms with Gasteiger partial charge in [-0.2, -0.15) is 0 Å². The monoisotopic (exact) mass is 477 g/mol. The number of aromatic nitrogens is 1. The minimum Gasteiger partial charge on any atom is -0.486 e. The van der Waals surface area contributed by atoms with Crippen LogP contribution in [-0.4, -0.2) is 18.1 Å². The third-order valence-electron chi connectivity index (χ3n) is 4.64. The maximum atomic E-state index is 14.0. The molecule has 0 aliphatic carbocycles. The number of hydrogen-bond acceptors (Lipinski definition) is 4. The van der Waals surface area contributed by atoms with E-state index in [1.807, 2.05) is 6.92 Å². The molecule has 1 aromatic heterocycles. The number of aromatic amines is 1. The van der Waals surface area contributed by atoms with Gasteiger partial charge in [0.25, 0.3) is 5.56 Å². The lowest BCUT2D eigenvalue weighted by atomic mass is 9.93. The van der Waals surface area contributed by atoms with Gasteiger partial charge in [-0.05, 0) is 65.2 Å². The van der Waals surface area contributed by atoms with Crippen LogP contribution in [0.4, 0.5) is 8.78 Å². The first-order chi connectivity index (χ1) is 14.2. The first-order valence-electron chi connectivity index (χ1n) is 8.91. The molecule has 1 N–H and O–H groups in total. The Labute approximate surface area is 179 Å². The van der Waals surface area contributed by atoms with E-state index in [1.54, 1.807) is 25.1 Å². The molecule has 0 atom stereocenters. The normalized spacial score (nSPS) is 10.7. The summed E-state index contributed by atoms with van der Waals surface area (Å²) in [4.78, 5) is 27.1. The molecule has 0 bridgehead atoms. The maximum absolute atomic E-state index is 14.0. The number of hydrogen-bond donors (Lipinski definition) is 1. The molecule has 1 heterocycles. The summed E-state index contributed by atoms with van der Waals surface area (Å²) in [5.41, 5.74) is 3.14. The van der Waals surface area contributed by atoms with Crippen LogP contribution in [0.15, 0.2) is 45.7 Å². The molecule has 0 amide bonds. The van der Waals surface area contributed by atoms with Crippen molar-refractivity contribution in [1.82, 2.24) is 4.98 Å². The molecule has 0 aliphatic rings. The van der Waals surface area contributed by atoms with Crippen molar-refractivity contribution >= 4 is 21.9 Å². The molecule has 0 saturated carbocycles. The predicted molar refractivity (Wildman–Crippen MR) is 112 cm³/mol. The highest BCUT2D eigenvalue weighted by Gasteiger charge is 2.20. The van der Waals surface area contributed by atoms with Crippen molar-refractivity contribution in [3.63, 3.8) is 0 Å². The van der Waals surface area contributed by atoms with E-state index in [4.69, 9.17) is 9.47 Å². The number of carbonyl (C=O) groups excluding carboxylic acids is 1. The summed E-state index contributed by atoms with van der Waals surface area (Å²) >= 11 is 3.28. The van der Waals surface area contributed by atoms with Gasteiger partial charge in [-0.25, -0.2) is 13.6 Å². The largest absolute Gasteiger partial charge is 0.486 e. The Hall–Kier alpha value is -3.00. The summed E-state index contributed by atoms with van der Waals surface area (Å²) in [6.45, 7) is 3.42. The minimum absolute atomic E-state index is 0.146. The third-order valence-corrected chi connectivity index (χ3v) is 5.47. The summed E-state index contributed by atoms with van der Waals surface area (Å²) < 4.78 is 37.7. The van der Waals surface area contributed by atoms with E-state index in [0.717, 1.165) is 17.7 Å². The van der Waals surface area contributed by atoms with Crippen LogP contribution in [0.2, 0.25) is 0 Å². The van der Waals surface area contributed by atoms with E-state index in [1.165, 1.54) is 13.2 Å². The molecule has 0 unspecified atom stereocenters. The number of halogens is 3. The second kappa shape index (κ2) is 8.79. The van der Waals surface area contributed by atoms with Gasteiger partial charge in [0.2, 0.25) is 0 Å². The van der Waals surface area contributed by atoms with Gasteiger partial charge < -0.3 is 14.5 Å². The second-order valence-electron chi connectivity index (χ2n) is 6.63. The molecule has 0 fully saturated rings. The third kappa shape index (κ3) is 4.28. The number of pyridine rings is 1. The number of carbonyl (C=O) groups is 1. The average molecular weight is 478 g/mol. The highest BCUT2D eigenvalue weighted by atomic mass is 79.9. The van der Waals surface area contributed by atoms with E-state index >= 15 is 0 Å². The number of methoxy groups -OCH3 is 1. The number of H-pyrrole nitrogens is 1. The Bertz CT molecular complexity index is 1190. The van der Waals surface area contributed by atoms with Gasteiger partial charge in [0.15, 0.2) is 11.6 Å². The summed E-state index contributed by atoms with van der Waals surface area (Å²) in [5, 5.41) is 0. The topological polar surface area (TPSA) is 68.4 Å². The lowest BCUT2D eigenvalue weighted by molar-refractivity contribution is 0.0601. The summed E-state index contributed by atoms with van der Waals surface area (Å²) in [5.74, 6) is -2.21. The molecule has 8 heteroatoms. The number of nitrogens with one attached hydrogen (secondary N) is 1. The van der Waals surface area contributed by atoms with Crippen molar-refractivity contribution < 1.29 is 23.0 Å². The Morgan fingerprint density at radius 1 is 1.13 bits per heavy atom. The van der Waals surface area contributed by atoms with Crippen LogP contribution in [0.25, 0.3) is 11.1 Å². The average Bonchev–Trinajstić information content (AvgIpc) is 2.71. The Kier molecular flexibility index (Phi) is 6.36. The molecule has 3 aromatic rings. The lowest BCUT2D eigenvalue weighted by Crippen LogP contribution is -2.15.